The van der Waals surface area contributed by atoms with Gasteiger partial charge in [-0.05, 0) is 30.5 Å². The van der Waals surface area contributed by atoms with E-state index in [9.17, 15) is 27.5 Å². The molecule has 0 saturated carbocycles. The summed E-state index contributed by atoms with van der Waals surface area (Å²) in [5, 5.41) is -1.50. The molecule has 0 amide bonds. The third-order valence-electron chi connectivity index (χ3n) is 3.33. The fraction of sp³-hybridized carbons (Fsp3) is 0.500. The van der Waals surface area contributed by atoms with Crippen molar-refractivity contribution in [1.29, 1.82) is 0 Å². The molecule has 0 unspecified atom stereocenters. The van der Waals surface area contributed by atoms with Crippen LogP contribution in [0.3, 0.4) is 0 Å². The van der Waals surface area contributed by atoms with E-state index in [0.717, 1.165) is 12.1 Å². The van der Waals surface area contributed by atoms with Crippen LogP contribution in [-0.4, -0.2) is 16.1 Å². The van der Waals surface area contributed by atoms with Crippen LogP contribution in [0.1, 0.15) is 32.3 Å². The average Bonchev–Trinajstić information content (AvgIpc) is 2.27. The maximum absolute atomic E-state index is 12.2. The fourth-order valence-electron chi connectivity index (χ4n) is 2.22. The fourth-order valence-corrected chi connectivity index (χ4v) is 3.52. The molecule has 0 aliphatic carbocycles. The molecule has 0 heterocycles. The van der Waals surface area contributed by atoms with E-state index in [1.807, 2.05) is 0 Å². The molecule has 4 nitrogen and oxygen atoms in total. The molecular weight excluding hydrogens is 296 g/mol. The molecule has 20 heavy (non-hydrogen) atoms. The minimum Gasteiger partial charge on any atom is -0.406 e. The van der Waals surface area contributed by atoms with Crippen LogP contribution in [0, 0.1) is 0 Å². The minimum absolute atomic E-state index is 0.100. The van der Waals surface area contributed by atoms with Gasteiger partial charge in [-0.3, -0.25) is 4.57 Å². The highest BCUT2D eigenvalue weighted by Gasteiger charge is 2.45. The summed E-state index contributed by atoms with van der Waals surface area (Å²) in [7, 11) is -4.54. The van der Waals surface area contributed by atoms with Crippen molar-refractivity contribution in [2.24, 2.45) is 0 Å². The lowest BCUT2D eigenvalue weighted by Crippen LogP contribution is -2.25. The summed E-state index contributed by atoms with van der Waals surface area (Å²) in [6.07, 6.45) is -4.64. The zero-order valence-corrected chi connectivity index (χ0v) is 11.9. The molecule has 0 aromatic heterocycles. The number of alkyl halides is 3. The first kappa shape index (κ1) is 17.0. The highest BCUT2D eigenvalue weighted by Crippen LogP contribution is 2.61. The van der Waals surface area contributed by atoms with Crippen molar-refractivity contribution in [1.82, 2.24) is 0 Å². The van der Waals surface area contributed by atoms with Crippen LogP contribution in [-0.2, 0) is 9.72 Å². The normalized spacial score (nSPS) is 13.3. The highest BCUT2D eigenvalue weighted by atomic mass is 31.2. The zero-order chi connectivity index (χ0) is 15.6. The summed E-state index contributed by atoms with van der Waals surface area (Å²) in [4.78, 5) is 19.1. The first-order chi connectivity index (χ1) is 9.05. The van der Waals surface area contributed by atoms with Crippen molar-refractivity contribution in [3.8, 4) is 5.75 Å². The van der Waals surface area contributed by atoms with Gasteiger partial charge in [0.05, 0.1) is 5.16 Å². The second-order valence-corrected chi connectivity index (χ2v) is 6.30. The Balaban J connectivity index is 3.30. The lowest BCUT2D eigenvalue weighted by Gasteiger charge is -2.33. The van der Waals surface area contributed by atoms with Crippen LogP contribution in [0.25, 0.3) is 0 Å². The number of benzene rings is 1. The molecule has 0 aliphatic rings. The second-order valence-electron chi connectivity index (χ2n) is 4.36. The van der Waals surface area contributed by atoms with Crippen molar-refractivity contribution in [2.45, 2.75) is 38.2 Å². The first-order valence-corrected chi connectivity index (χ1v) is 7.59. The van der Waals surface area contributed by atoms with Crippen LogP contribution in [0.15, 0.2) is 24.3 Å². The van der Waals surface area contributed by atoms with E-state index < -0.39 is 24.9 Å². The van der Waals surface area contributed by atoms with Crippen LogP contribution in [0.5, 0.6) is 5.75 Å². The maximum atomic E-state index is 12.2. The van der Waals surface area contributed by atoms with Gasteiger partial charge >= 0.3 is 14.0 Å². The lowest BCUT2D eigenvalue weighted by atomic mass is 9.92. The zero-order valence-electron chi connectivity index (χ0n) is 11.0. The summed E-state index contributed by atoms with van der Waals surface area (Å²) in [5.74, 6) is -0.491. The van der Waals surface area contributed by atoms with E-state index in [-0.39, 0.29) is 18.4 Å². The van der Waals surface area contributed by atoms with Crippen molar-refractivity contribution in [3.05, 3.63) is 29.8 Å². The predicted octanol–water partition coefficient (Wildman–Crippen LogP) is 3.78. The maximum Gasteiger partial charge on any atom is 0.573 e. The largest absolute Gasteiger partial charge is 0.573 e. The van der Waals surface area contributed by atoms with Gasteiger partial charge < -0.3 is 14.5 Å². The quantitative estimate of drug-likeness (QED) is 0.812. The Labute approximate surface area is 114 Å². The van der Waals surface area contributed by atoms with E-state index in [0.29, 0.717) is 0 Å². The summed E-state index contributed by atoms with van der Waals surface area (Å²) in [6.45, 7) is 3.17. The third kappa shape index (κ3) is 3.53. The molecular formula is C12H16F3O4P. The third-order valence-corrected chi connectivity index (χ3v) is 5.34. The summed E-state index contributed by atoms with van der Waals surface area (Å²) in [5.41, 5.74) is 0.137. The van der Waals surface area contributed by atoms with E-state index >= 15 is 0 Å². The number of hydrogen-bond donors (Lipinski definition) is 2. The summed E-state index contributed by atoms with van der Waals surface area (Å²) in [6, 6.07) is 4.80. The molecule has 1 aromatic carbocycles. The summed E-state index contributed by atoms with van der Waals surface area (Å²) < 4.78 is 52.1. The minimum atomic E-state index is -4.85. The standard InChI is InChI=1S/C12H16F3O4P/c1-3-11(4-2,20(16,17)18)9-6-5-7-10(8-9)19-12(13,14)15/h5-8H,3-4H2,1-2H3,(H2,16,17,18). The molecule has 114 valence electrons. The van der Waals surface area contributed by atoms with E-state index in [2.05, 4.69) is 4.74 Å². The van der Waals surface area contributed by atoms with Crippen molar-refractivity contribution >= 4 is 7.60 Å². The first-order valence-electron chi connectivity index (χ1n) is 5.97. The van der Waals surface area contributed by atoms with Crippen molar-refractivity contribution in [2.75, 3.05) is 0 Å². The van der Waals surface area contributed by atoms with Gasteiger partial charge in [0.1, 0.15) is 5.75 Å². The summed E-state index contributed by atoms with van der Waals surface area (Å²) >= 11 is 0. The molecule has 2 N–H and O–H groups in total. The van der Waals surface area contributed by atoms with E-state index in [1.54, 1.807) is 13.8 Å². The van der Waals surface area contributed by atoms with Gasteiger partial charge in [0.25, 0.3) is 0 Å². The number of hydrogen-bond acceptors (Lipinski definition) is 2. The van der Waals surface area contributed by atoms with Crippen molar-refractivity contribution < 1.29 is 32.3 Å². The Hall–Kier alpha value is -1.04. The van der Waals surface area contributed by atoms with E-state index in [4.69, 9.17) is 0 Å². The Kier molecular flexibility index (Phi) is 4.90. The number of halogens is 3. The average molecular weight is 312 g/mol. The Morgan fingerprint density at radius 3 is 2.15 bits per heavy atom. The molecule has 1 aromatic rings. The monoisotopic (exact) mass is 312 g/mol. The number of rotatable bonds is 5. The molecule has 0 radical (unpaired) electrons. The smallest absolute Gasteiger partial charge is 0.406 e. The Morgan fingerprint density at radius 2 is 1.75 bits per heavy atom. The van der Waals surface area contributed by atoms with Crippen LogP contribution in [0.4, 0.5) is 13.2 Å². The van der Waals surface area contributed by atoms with Crippen LogP contribution in [0.2, 0.25) is 0 Å². The van der Waals surface area contributed by atoms with Gasteiger partial charge in [-0.1, -0.05) is 26.0 Å². The molecule has 0 atom stereocenters. The molecule has 0 spiro atoms. The SMILES string of the molecule is CCC(CC)(c1cccc(OC(F)(F)F)c1)P(=O)(O)O. The van der Waals surface area contributed by atoms with Crippen molar-refractivity contribution in [3.63, 3.8) is 0 Å². The topological polar surface area (TPSA) is 66.8 Å². The lowest BCUT2D eigenvalue weighted by molar-refractivity contribution is -0.274. The van der Waals surface area contributed by atoms with Gasteiger partial charge in [-0.15, -0.1) is 13.2 Å². The Morgan fingerprint density at radius 1 is 1.20 bits per heavy atom. The molecule has 0 saturated heterocycles. The number of ether oxygens (including phenoxy) is 1. The second kappa shape index (κ2) is 5.76. The highest BCUT2D eigenvalue weighted by molar-refractivity contribution is 7.53. The van der Waals surface area contributed by atoms with Crippen LogP contribution >= 0.6 is 7.60 Å². The van der Waals surface area contributed by atoms with Gasteiger partial charge in [0, 0.05) is 0 Å². The molecule has 8 heteroatoms. The van der Waals surface area contributed by atoms with Gasteiger partial charge in [-0.25, -0.2) is 0 Å². The molecule has 0 fully saturated rings. The van der Waals surface area contributed by atoms with Crippen LogP contribution < -0.4 is 4.74 Å². The molecule has 1 rings (SSSR count). The van der Waals surface area contributed by atoms with Gasteiger partial charge in [0.15, 0.2) is 0 Å². The van der Waals surface area contributed by atoms with Gasteiger partial charge in [-0.2, -0.15) is 0 Å². The molecule has 0 aliphatic heterocycles. The Bertz CT molecular complexity index is 506. The van der Waals surface area contributed by atoms with Gasteiger partial charge in [0.2, 0.25) is 0 Å². The molecule has 0 bridgehead atoms. The van der Waals surface area contributed by atoms with E-state index in [1.165, 1.54) is 12.1 Å². The predicted molar refractivity (Wildman–Crippen MR) is 67.4 cm³/mol.